The van der Waals surface area contributed by atoms with Gasteiger partial charge in [-0.3, -0.25) is 5.43 Å². The molecule has 0 unspecified atom stereocenters. The van der Waals surface area contributed by atoms with Gasteiger partial charge in [0.25, 0.3) is 0 Å². The van der Waals surface area contributed by atoms with Crippen molar-refractivity contribution in [2.75, 3.05) is 13.6 Å². The number of unbranched alkanes of at least 4 members (excludes halogenated alkanes) is 1. The van der Waals surface area contributed by atoms with Crippen LogP contribution < -0.4 is 11.3 Å². The molecule has 4 nitrogen and oxygen atoms in total. The second kappa shape index (κ2) is 6.85. The van der Waals surface area contributed by atoms with Crippen LogP contribution in [0.1, 0.15) is 19.8 Å². The second-order valence-electron chi connectivity index (χ2n) is 3.69. The van der Waals surface area contributed by atoms with Crippen molar-refractivity contribution >= 4 is 11.6 Å². The van der Waals surface area contributed by atoms with Gasteiger partial charge in [-0.15, -0.1) is 0 Å². The van der Waals surface area contributed by atoms with Crippen molar-refractivity contribution in [3.63, 3.8) is 0 Å². The summed E-state index contributed by atoms with van der Waals surface area (Å²) in [5, 5.41) is 0. The van der Waals surface area contributed by atoms with Crippen LogP contribution in [0.3, 0.4) is 0 Å². The van der Waals surface area contributed by atoms with Crippen molar-refractivity contribution < 1.29 is 0 Å². The fraction of sp³-hybridized carbons (Fsp3) is 0.417. The first-order chi connectivity index (χ1) is 7.77. The molecule has 0 aromatic heterocycles. The summed E-state index contributed by atoms with van der Waals surface area (Å²) >= 11 is 0. The van der Waals surface area contributed by atoms with E-state index in [4.69, 9.17) is 5.84 Å². The van der Waals surface area contributed by atoms with E-state index in [0.717, 1.165) is 25.1 Å². The number of hydrazine groups is 1. The van der Waals surface area contributed by atoms with Gasteiger partial charge in [0, 0.05) is 13.6 Å². The van der Waals surface area contributed by atoms with Crippen molar-refractivity contribution in [1.29, 1.82) is 0 Å². The molecule has 0 radical (unpaired) electrons. The van der Waals surface area contributed by atoms with Crippen LogP contribution in [0.5, 0.6) is 0 Å². The lowest BCUT2D eigenvalue weighted by molar-refractivity contribution is 0.467. The molecule has 0 heterocycles. The lowest BCUT2D eigenvalue weighted by Crippen LogP contribution is -2.42. The number of nitrogens with one attached hydrogen (secondary N) is 1. The minimum atomic E-state index is 0.694. The van der Waals surface area contributed by atoms with E-state index in [1.807, 2.05) is 42.3 Å². The van der Waals surface area contributed by atoms with Crippen molar-refractivity contribution in [3.05, 3.63) is 30.3 Å². The van der Waals surface area contributed by atoms with Gasteiger partial charge in [-0.05, 0) is 18.6 Å². The van der Waals surface area contributed by atoms with Gasteiger partial charge in [-0.1, -0.05) is 31.5 Å². The Balaban J connectivity index is 2.69. The number of guanidine groups is 1. The van der Waals surface area contributed by atoms with Gasteiger partial charge < -0.3 is 4.90 Å². The summed E-state index contributed by atoms with van der Waals surface area (Å²) in [6, 6.07) is 9.78. The van der Waals surface area contributed by atoms with Crippen LogP contribution in [-0.4, -0.2) is 24.5 Å². The summed E-state index contributed by atoms with van der Waals surface area (Å²) in [6.45, 7) is 3.12. The average molecular weight is 220 g/mol. The molecule has 88 valence electrons. The first kappa shape index (κ1) is 12.5. The summed E-state index contributed by atoms with van der Waals surface area (Å²) in [6.07, 6.45) is 2.29. The van der Waals surface area contributed by atoms with Gasteiger partial charge in [0.1, 0.15) is 0 Å². The van der Waals surface area contributed by atoms with Crippen molar-refractivity contribution in [2.24, 2.45) is 10.8 Å². The Kier molecular flexibility index (Phi) is 5.36. The normalized spacial score (nSPS) is 11.3. The summed E-state index contributed by atoms with van der Waals surface area (Å²) in [7, 11) is 1.98. The molecule has 0 aliphatic carbocycles. The Morgan fingerprint density at radius 1 is 1.38 bits per heavy atom. The number of para-hydroxylation sites is 1. The Hall–Kier alpha value is -1.55. The topological polar surface area (TPSA) is 53.6 Å². The third kappa shape index (κ3) is 3.90. The zero-order valence-electron chi connectivity index (χ0n) is 9.98. The summed E-state index contributed by atoms with van der Waals surface area (Å²) in [5.41, 5.74) is 3.54. The predicted octanol–water partition coefficient (Wildman–Crippen LogP) is 1.87. The van der Waals surface area contributed by atoms with E-state index in [1.54, 1.807) is 0 Å². The molecule has 1 rings (SSSR count). The number of benzene rings is 1. The Labute approximate surface area is 97.1 Å². The van der Waals surface area contributed by atoms with E-state index in [2.05, 4.69) is 17.3 Å². The van der Waals surface area contributed by atoms with Crippen LogP contribution >= 0.6 is 0 Å². The lowest BCUT2D eigenvalue weighted by atomic mass is 10.3. The van der Waals surface area contributed by atoms with E-state index in [0.29, 0.717) is 5.96 Å². The number of nitrogens with zero attached hydrogens (tertiary/aromatic N) is 2. The third-order valence-corrected chi connectivity index (χ3v) is 2.33. The number of rotatable bonds is 4. The van der Waals surface area contributed by atoms with E-state index < -0.39 is 0 Å². The second-order valence-corrected chi connectivity index (χ2v) is 3.69. The maximum Gasteiger partial charge on any atom is 0.213 e. The number of hydrogen-bond donors (Lipinski definition) is 2. The quantitative estimate of drug-likeness (QED) is 0.352. The predicted molar refractivity (Wildman–Crippen MR) is 68.4 cm³/mol. The number of hydrogen-bond acceptors (Lipinski definition) is 2. The molecular weight excluding hydrogens is 200 g/mol. The molecule has 0 saturated carbocycles. The molecular formula is C12H20N4. The Morgan fingerprint density at radius 2 is 2.06 bits per heavy atom. The fourth-order valence-corrected chi connectivity index (χ4v) is 1.35. The summed E-state index contributed by atoms with van der Waals surface area (Å²) in [4.78, 5) is 6.46. The minimum absolute atomic E-state index is 0.694. The molecule has 0 bridgehead atoms. The molecule has 3 N–H and O–H groups in total. The van der Waals surface area contributed by atoms with E-state index in [-0.39, 0.29) is 0 Å². The van der Waals surface area contributed by atoms with Gasteiger partial charge in [-0.25, -0.2) is 10.8 Å². The molecule has 0 amide bonds. The van der Waals surface area contributed by atoms with Crippen LogP contribution in [0.2, 0.25) is 0 Å². The molecule has 0 aliphatic heterocycles. The third-order valence-electron chi connectivity index (χ3n) is 2.33. The Bertz CT molecular complexity index is 321. The van der Waals surface area contributed by atoms with E-state index in [1.165, 1.54) is 0 Å². The highest BCUT2D eigenvalue weighted by atomic mass is 15.4. The minimum Gasteiger partial charge on any atom is -0.345 e. The first-order valence-corrected chi connectivity index (χ1v) is 5.59. The number of nitrogens with two attached hydrogens (primary N) is 1. The maximum absolute atomic E-state index is 5.47. The molecule has 1 aromatic rings. The standard InChI is InChI=1S/C12H20N4/c1-3-4-10-16(2)12(15-13)14-11-8-6-5-7-9-11/h5-9H,3-4,10,13H2,1-2H3,(H,14,15). The van der Waals surface area contributed by atoms with Gasteiger partial charge in [0.2, 0.25) is 5.96 Å². The molecule has 0 spiro atoms. The molecule has 16 heavy (non-hydrogen) atoms. The highest BCUT2D eigenvalue weighted by molar-refractivity contribution is 5.81. The van der Waals surface area contributed by atoms with Crippen molar-refractivity contribution in [1.82, 2.24) is 10.3 Å². The maximum atomic E-state index is 5.47. The van der Waals surface area contributed by atoms with Gasteiger partial charge in [-0.2, -0.15) is 0 Å². The highest BCUT2D eigenvalue weighted by Crippen LogP contribution is 2.10. The summed E-state index contributed by atoms with van der Waals surface area (Å²) in [5.74, 6) is 6.16. The highest BCUT2D eigenvalue weighted by Gasteiger charge is 2.03. The monoisotopic (exact) mass is 220 g/mol. The molecule has 0 saturated heterocycles. The average Bonchev–Trinajstić information content (AvgIpc) is 2.34. The van der Waals surface area contributed by atoms with Crippen LogP contribution in [0.15, 0.2) is 35.3 Å². The van der Waals surface area contributed by atoms with Gasteiger partial charge >= 0.3 is 0 Å². The zero-order valence-corrected chi connectivity index (χ0v) is 9.98. The smallest absolute Gasteiger partial charge is 0.213 e. The van der Waals surface area contributed by atoms with Crippen molar-refractivity contribution in [3.8, 4) is 0 Å². The van der Waals surface area contributed by atoms with Crippen LogP contribution in [0.4, 0.5) is 5.69 Å². The number of aliphatic imine (C=N–C) groups is 1. The molecule has 0 atom stereocenters. The Morgan fingerprint density at radius 3 is 2.62 bits per heavy atom. The molecule has 0 fully saturated rings. The van der Waals surface area contributed by atoms with E-state index >= 15 is 0 Å². The molecule has 0 aliphatic rings. The van der Waals surface area contributed by atoms with Crippen molar-refractivity contribution in [2.45, 2.75) is 19.8 Å². The van der Waals surface area contributed by atoms with Gasteiger partial charge in [0.15, 0.2) is 0 Å². The van der Waals surface area contributed by atoms with Crippen LogP contribution in [0.25, 0.3) is 0 Å². The molecule has 1 aromatic carbocycles. The SMILES string of the molecule is CCCCN(C)C(=Nc1ccccc1)NN. The first-order valence-electron chi connectivity index (χ1n) is 5.59. The zero-order chi connectivity index (χ0) is 11.8. The van der Waals surface area contributed by atoms with Crippen LogP contribution in [0, 0.1) is 0 Å². The summed E-state index contributed by atoms with van der Waals surface area (Å²) < 4.78 is 0. The van der Waals surface area contributed by atoms with E-state index in [9.17, 15) is 0 Å². The lowest BCUT2D eigenvalue weighted by Gasteiger charge is -2.20. The largest absolute Gasteiger partial charge is 0.345 e. The van der Waals surface area contributed by atoms with Gasteiger partial charge in [0.05, 0.1) is 5.69 Å². The molecule has 4 heteroatoms. The fourth-order valence-electron chi connectivity index (χ4n) is 1.35. The van der Waals surface area contributed by atoms with Crippen LogP contribution in [-0.2, 0) is 0 Å².